The number of nitrogens with one attached hydrogen (secondary N) is 1. The van der Waals surface area contributed by atoms with Crippen LogP contribution in [0.15, 0.2) is 42.5 Å². The highest BCUT2D eigenvalue weighted by Crippen LogP contribution is 2.22. The van der Waals surface area contributed by atoms with Crippen LogP contribution in [0.25, 0.3) is 0 Å². The van der Waals surface area contributed by atoms with Gasteiger partial charge in [-0.05, 0) is 61.7 Å². The molecule has 0 spiro atoms. The molecule has 6 heteroatoms. The normalized spacial score (nSPS) is 16.6. The van der Waals surface area contributed by atoms with Crippen LogP contribution < -0.4 is 15.0 Å². The topological polar surface area (TPSA) is 67.9 Å². The predicted molar refractivity (Wildman–Crippen MR) is 112 cm³/mol. The van der Waals surface area contributed by atoms with Crippen molar-refractivity contribution < 1.29 is 19.1 Å². The first-order valence-corrected chi connectivity index (χ1v) is 9.94. The predicted octanol–water partition coefficient (Wildman–Crippen LogP) is 2.79. The lowest BCUT2D eigenvalue weighted by Gasteiger charge is -2.33. The lowest BCUT2D eigenvalue weighted by Crippen LogP contribution is -2.50. The van der Waals surface area contributed by atoms with Crippen LogP contribution >= 0.6 is 0 Å². The molecule has 1 atom stereocenters. The van der Waals surface area contributed by atoms with E-state index in [-0.39, 0.29) is 24.5 Å². The Balaban J connectivity index is 1.52. The van der Waals surface area contributed by atoms with Crippen LogP contribution in [0.2, 0.25) is 0 Å². The minimum atomic E-state index is -0.237. The van der Waals surface area contributed by atoms with Gasteiger partial charge >= 0.3 is 0 Å². The molecule has 3 rings (SSSR count). The summed E-state index contributed by atoms with van der Waals surface area (Å²) in [5, 5.41) is 2.91. The zero-order chi connectivity index (χ0) is 20.8. The molecule has 1 aliphatic rings. The van der Waals surface area contributed by atoms with Crippen LogP contribution in [0.3, 0.4) is 0 Å². The smallest absolute Gasteiger partial charge is 0.253 e. The molecule has 1 N–H and O–H groups in total. The Morgan fingerprint density at radius 3 is 2.62 bits per heavy atom. The molecule has 1 unspecified atom stereocenters. The molecule has 2 aromatic carbocycles. The van der Waals surface area contributed by atoms with E-state index in [0.29, 0.717) is 26.1 Å². The Morgan fingerprint density at radius 2 is 1.93 bits per heavy atom. The Labute approximate surface area is 171 Å². The van der Waals surface area contributed by atoms with E-state index < -0.39 is 0 Å². The van der Waals surface area contributed by atoms with E-state index in [1.807, 2.05) is 63.2 Å². The molecule has 1 aliphatic heterocycles. The maximum Gasteiger partial charge on any atom is 0.253 e. The molecule has 0 aliphatic carbocycles. The Morgan fingerprint density at radius 1 is 1.17 bits per heavy atom. The van der Waals surface area contributed by atoms with E-state index in [4.69, 9.17) is 9.47 Å². The second-order valence-electron chi connectivity index (χ2n) is 7.26. The fourth-order valence-corrected chi connectivity index (χ4v) is 3.24. The molecule has 1 heterocycles. The number of ether oxygens (including phenoxy) is 2. The fourth-order valence-electron chi connectivity index (χ4n) is 3.24. The first-order valence-electron chi connectivity index (χ1n) is 9.94. The third kappa shape index (κ3) is 5.57. The molecule has 0 aromatic heterocycles. The minimum absolute atomic E-state index is 0.0202. The van der Waals surface area contributed by atoms with E-state index in [2.05, 4.69) is 5.32 Å². The van der Waals surface area contributed by atoms with E-state index in [1.54, 1.807) is 4.90 Å². The average molecular weight is 396 g/mol. The van der Waals surface area contributed by atoms with Crippen LogP contribution in [0.5, 0.6) is 5.75 Å². The van der Waals surface area contributed by atoms with Crippen LogP contribution in [0, 0.1) is 13.8 Å². The lowest BCUT2D eigenvalue weighted by molar-refractivity contribution is -0.129. The molecule has 2 amide bonds. The molecule has 1 fully saturated rings. The van der Waals surface area contributed by atoms with Gasteiger partial charge in [0.05, 0.1) is 25.7 Å². The average Bonchev–Trinajstić information content (AvgIpc) is 2.71. The van der Waals surface area contributed by atoms with Gasteiger partial charge in [-0.15, -0.1) is 0 Å². The highest BCUT2D eigenvalue weighted by molar-refractivity contribution is 5.95. The first-order chi connectivity index (χ1) is 14.0. The second-order valence-corrected chi connectivity index (χ2v) is 7.26. The standard InChI is InChI=1S/C23H28N2O4/c1-4-28-20-9-6-18(7-10-20)12-22(26)24-13-21-14-25(23(27)15-29-21)19-8-5-16(2)17(3)11-19/h5-11,21H,4,12-15H2,1-3H3,(H,24,26). The lowest BCUT2D eigenvalue weighted by atomic mass is 10.1. The number of hydrogen-bond acceptors (Lipinski definition) is 4. The summed E-state index contributed by atoms with van der Waals surface area (Å²) >= 11 is 0. The number of hydrogen-bond donors (Lipinski definition) is 1. The molecule has 0 bridgehead atoms. The molecule has 2 aromatic rings. The van der Waals surface area contributed by atoms with Crippen LogP contribution in [-0.2, 0) is 20.7 Å². The summed E-state index contributed by atoms with van der Waals surface area (Å²) in [4.78, 5) is 26.3. The summed E-state index contributed by atoms with van der Waals surface area (Å²) in [6.07, 6.45) is 0.0532. The Bertz CT molecular complexity index is 864. The minimum Gasteiger partial charge on any atom is -0.494 e. The zero-order valence-electron chi connectivity index (χ0n) is 17.2. The number of anilines is 1. The van der Waals surface area contributed by atoms with Crippen molar-refractivity contribution in [3.8, 4) is 5.75 Å². The SMILES string of the molecule is CCOc1ccc(CC(=O)NCC2CN(c3ccc(C)c(C)c3)C(=O)CO2)cc1. The summed E-state index contributed by atoms with van der Waals surface area (Å²) in [5.74, 6) is 0.654. The summed E-state index contributed by atoms with van der Waals surface area (Å²) in [7, 11) is 0. The van der Waals surface area contributed by atoms with Gasteiger partial charge in [-0.3, -0.25) is 9.59 Å². The van der Waals surface area contributed by atoms with Crippen molar-refractivity contribution in [2.24, 2.45) is 0 Å². The monoisotopic (exact) mass is 396 g/mol. The van der Waals surface area contributed by atoms with Gasteiger partial charge in [-0.25, -0.2) is 0 Å². The highest BCUT2D eigenvalue weighted by atomic mass is 16.5. The number of aryl methyl sites for hydroxylation is 2. The van der Waals surface area contributed by atoms with Crippen molar-refractivity contribution in [3.05, 3.63) is 59.2 Å². The largest absolute Gasteiger partial charge is 0.494 e. The summed E-state index contributed by atoms with van der Waals surface area (Å²) < 4.78 is 11.0. The van der Waals surface area contributed by atoms with Gasteiger partial charge in [-0.2, -0.15) is 0 Å². The van der Waals surface area contributed by atoms with Crippen LogP contribution in [0.4, 0.5) is 5.69 Å². The third-order valence-corrected chi connectivity index (χ3v) is 5.06. The quantitative estimate of drug-likeness (QED) is 0.782. The number of amides is 2. The maximum absolute atomic E-state index is 12.3. The molecule has 154 valence electrons. The van der Waals surface area contributed by atoms with Crippen LogP contribution in [-0.4, -0.2) is 44.2 Å². The van der Waals surface area contributed by atoms with Gasteiger partial charge in [0.1, 0.15) is 12.4 Å². The van der Waals surface area contributed by atoms with Crippen molar-refractivity contribution in [2.75, 3.05) is 31.2 Å². The number of rotatable bonds is 7. The maximum atomic E-state index is 12.3. The van der Waals surface area contributed by atoms with Crippen molar-refractivity contribution in [1.82, 2.24) is 5.32 Å². The van der Waals surface area contributed by atoms with E-state index in [9.17, 15) is 9.59 Å². The van der Waals surface area contributed by atoms with Gasteiger partial charge in [0.2, 0.25) is 5.91 Å². The number of morpholine rings is 1. The van der Waals surface area contributed by atoms with Crippen molar-refractivity contribution in [3.63, 3.8) is 0 Å². The van der Waals surface area contributed by atoms with Gasteiger partial charge < -0.3 is 19.7 Å². The number of nitrogens with zero attached hydrogens (tertiary/aromatic N) is 1. The summed E-state index contributed by atoms with van der Waals surface area (Å²) in [5.41, 5.74) is 4.11. The molecule has 29 heavy (non-hydrogen) atoms. The van der Waals surface area contributed by atoms with Crippen molar-refractivity contribution in [1.29, 1.82) is 0 Å². The molecule has 6 nitrogen and oxygen atoms in total. The van der Waals surface area contributed by atoms with E-state index >= 15 is 0 Å². The first kappa shape index (κ1) is 20.9. The van der Waals surface area contributed by atoms with Gasteiger partial charge in [0.25, 0.3) is 5.91 Å². The third-order valence-electron chi connectivity index (χ3n) is 5.06. The van der Waals surface area contributed by atoms with Gasteiger partial charge in [-0.1, -0.05) is 18.2 Å². The van der Waals surface area contributed by atoms with Gasteiger partial charge in [0.15, 0.2) is 0 Å². The molecular formula is C23H28N2O4. The zero-order valence-corrected chi connectivity index (χ0v) is 17.2. The fraction of sp³-hybridized carbons (Fsp3) is 0.391. The number of benzene rings is 2. The molecule has 0 radical (unpaired) electrons. The van der Waals surface area contributed by atoms with E-state index in [0.717, 1.165) is 22.6 Å². The molecule has 0 saturated carbocycles. The number of carbonyl (C=O) groups excluding carboxylic acids is 2. The highest BCUT2D eigenvalue weighted by Gasteiger charge is 2.27. The molecular weight excluding hydrogens is 368 g/mol. The number of carbonyl (C=O) groups is 2. The Kier molecular flexibility index (Phi) is 6.88. The molecule has 1 saturated heterocycles. The second kappa shape index (κ2) is 9.56. The van der Waals surface area contributed by atoms with Crippen molar-refractivity contribution in [2.45, 2.75) is 33.3 Å². The summed E-state index contributed by atoms with van der Waals surface area (Å²) in [6.45, 7) is 7.43. The summed E-state index contributed by atoms with van der Waals surface area (Å²) in [6, 6.07) is 13.5. The van der Waals surface area contributed by atoms with Crippen molar-refractivity contribution >= 4 is 17.5 Å². The van der Waals surface area contributed by atoms with Gasteiger partial charge in [0, 0.05) is 12.2 Å². The van der Waals surface area contributed by atoms with E-state index in [1.165, 1.54) is 5.56 Å². The Hall–Kier alpha value is -2.86. The van der Waals surface area contributed by atoms with Crippen LogP contribution in [0.1, 0.15) is 23.6 Å².